The van der Waals surface area contributed by atoms with Gasteiger partial charge in [-0.05, 0) is 55.7 Å². The van der Waals surface area contributed by atoms with E-state index in [0.29, 0.717) is 42.6 Å². The van der Waals surface area contributed by atoms with Crippen molar-refractivity contribution in [2.45, 2.75) is 38.8 Å². The molecular formula is C24H25F3N6O. The molecular weight excluding hydrogens is 445 g/mol. The van der Waals surface area contributed by atoms with Crippen LogP contribution >= 0.6 is 0 Å². The first-order chi connectivity index (χ1) is 16.5. The van der Waals surface area contributed by atoms with Crippen LogP contribution in [0.25, 0.3) is 0 Å². The lowest BCUT2D eigenvalue weighted by Gasteiger charge is -2.39. The van der Waals surface area contributed by atoms with E-state index in [9.17, 15) is 13.2 Å². The lowest BCUT2D eigenvalue weighted by molar-refractivity contribution is 0.0364. The number of halogens is 3. The van der Waals surface area contributed by atoms with Crippen LogP contribution in [0, 0.1) is 42.1 Å². The topological polar surface area (TPSA) is 69.0 Å². The van der Waals surface area contributed by atoms with Crippen molar-refractivity contribution >= 4 is 5.69 Å². The predicted octanol–water partition coefficient (Wildman–Crippen LogP) is 3.62. The van der Waals surface area contributed by atoms with Crippen LogP contribution in [0.1, 0.15) is 41.9 Å². The Kier molecular flexibility index (Phi) is 5.28. The van der Waals surface area contributed by atoms with Gasteiger partial charge in [0.1, 0.15) is 6.10 Å². The summed E-state index contributed by atoms with van der Waals surface area (Å²) in [6, 6.07) is 4.21. The molecule has 3 aliphatic rings. The highest BCUT2D eigenvalue weighted by Gasteiger charge is 2.43. The first kappa shape index (κ1) is 21.5. The minimum Gasteiger partial charge on any atom is -0.370 e. The van der Waals surface area contributed by atoms with Crippen LogP contribution in [0.3, 0.4) is 0 Å². The van der Waals surface area contributed by atoms with Gasteiger partial charge in [0.15, 0.2) is 29.1 Å². The number of rotatable bonds is 4. The molecule has 0 amide bonds. The smallest absolute Gasteiger partial charge is 0.194 e. The van der Waals surface area contributed by atoms with Gasteiger partial charge in [0, 0.05) is 25.1 Å². The molecule has 3 aromatic rings. The van der Waals surface area contributed by atoms with E-state index in [-0.39, 0.29) is 5.56 Å². The Morgan fingerprint density at radius 2 is 1.88 bits per heavy atom. The molecule has 1 saturated heterocycles. The van der Waals surface area contributed by atoms with E-state index in [4.69, 9.17) is 9.72 Å². The molecule has 0 N–H and O–H groups in total. The minimum absolute atomic E-state index is 0.0616. The van der Waals surface area contributed by atoms with Gasteiger partial charge in [0.2, 0.25) is 0 Å². The zero-order valence-corrected chi connectivity index (χ0v) is 18.8. The molecule has 2 aliphatic heterocycles. The largest absolute Gasteiger partial charge is 0.370 e. The summed E-state index contributed by atoms with van der Waals surface area (Å²) in [6.45, 7) is 4.66. The second-order valence-electron chi connectivity index (χ2n) is 9.55. The first-order valence-corrected chi connectivity index (χ1v) is 11.7. The van der Waals surface area contributed by atoms with Gasteiger partial charge in [-0.2, -0.15) is 15.3 Å². The Labute approximate surface area is 195 Å². The third-order valence-corrected chi connectivity index (χ3v) is 7.49. The SMILES string of the molecule is Cc1cc(N2C[C@H]3CC[C@@H](C2)C3Cc2nc3n(n2)CCO[C@H]3c2ccc(F)c(F)c2F)cnn1. The van der Waals surface area contributed by atoms with Gasteiger partial charge in [0.25, 0.3) is 0 Å². The zero-order valence-electron chi connectivity index (χ0n) is 18.8. The lowest BCUT2D eigenvalue weighted by atomic mass is 9.82. The van der Waals surface area contributed by atoms with Crippen LogP contribution in [-0.4, -0.2) is 44.7 Å². The number of hydrogen-bond acceptors (Lipinski definition) is 6. The number of piperidine rings is 1. The molecule has 2 aromatic heterocycles. The number of hydrogen-bond donors (Lipinski definition) is 0. The highest BCUT2D eigenvalue weighted by atomic mass is 19.2. The summed E-state index contributed by atoms with van der Waals surface area (Å²) in [4.78, 5) is 7.10. The maximum Gasteiger partial charge on any atom is 0.194 e. The molecule has 34 heavy (non-hydrogen) atoms. The van der Waals surface area contributed by atoms with Crippen molar-refractivity contribution in [1.82, 2.24) is 25.0 Å². The monoisotopic (exact) mass is 470 g/mol. The van der Waals surface area contributed by atoms with Crippen molar-refractivity contribution in [2.24, 2.45) is 17.8 Å². The molecule has 4 atom stereocenters. The fourth-order valence-electron chi connectivity index (χ4n) is 5.87. The Bertz CT molecular complexity index is 1220. The van der Waals surface area contributed by atoms with Gasteiger partial charge in [-0.1, -0.05) is 0 Å². The van der Waals surface area contributed by atoms with Crippen LogP contribution in [0.4, 0.5) is 18.9 Å². The molecule has 0 radical (unpaired) electrons. The quantitative estimate of drug-likeness (QED) is 0.543. The zero-order chi connectivity index (χ0) is 23.4. The number of aromatic nitrogens is 5. The second-order valence-corrected chi connectivity index (χ2v) is 9.55. The molecule has 1 unspecified atom stereocenters. The summed E-state index contributed by atoms with van der Waals surface area (Å²) in [5, 5.41) is 12.8. The van der Waals surface area contributed by atoms with E-state index >= 15 is 0 Å². The van der Waals surface area contributed by atoms with Crippen LogP contribution in [-0.2, 0) is 17.7 Å². The van der Waals surface area contributed by atoms with Crippen LogP contribution in [0.2, 0.25) is 0 Å². The molecule has 7 nitrogen and oxygen atoms in total. The average Bonchev–Trinajstić information content (AvgIpc) is 3.33. The average molecular weight is 470 g/mol. The van der Waals surface area contributed by atoms with E-state index in [0.717, 1.165) is 37.0 Å². The molecule has 6 rings (SSSR count). The van der Waals surface area contributed by atoms with Crippen molar-refractivity contribution in [3.63, 3.8) is 0 Å². The number of aryl methyl sites for hydroxylation is 1. The molecule has 1 aliphatic carbocycles. The maximum atomic E-state index is 14.5. The third kappa shape index (κ3) is 3.64. The van der Waals surface area contributed by atoms with Crippen molar-refractivity contribution < 1.29 is 17.9 Å². The summed E-state index contributed by atoms with van der Waals surface area (Å²) in [5.74, 6) is -1.30. The Morgan fingerprint density at radius 1 is 1.09 bits per heavy atom. The Balaban J connectivity index is 1.22. The van der Waals surface area contributed by atoms with Crippen molar-refractivity contribution in [1.29, 1.82) is 0 Å². The van der Waals surface area contributed by atoms with E-state index in [1.54, 1.807) is 4.68 Å². The van der Waals surface area contributed by atoms with Gasteiger partial charge < -0.3 is 9.64 Å². The van der Waals surface area contributed by atoms with Crippen molar-refractivity contribution in [2.75, 3.05) is 24.6 Å². The van der Waals surface area contributed by atoms with Gasteiger partial charge in [-0.25, -0.2) is 22.8 Å². The van der Waals surface area contributed by atoms with Crippen LogP contribution in [0.15, 0.2) is 24.4 Å². The molecule has 1 aromatic carbocycles. The fourth-order valence-corrected chi connectivity index (χ4v) is 5.87. The summed E-state index contributed by atoms with van der Waals surface area (Å²) in [7, 11) is 0. The number of anilines is 1. The molecule has 10 heteroatoms. The van der Waals surface area contributed by atoms with Gasteiger partial charge in [-0.3, -0.25) is 0 Å². The van der Waals surface area contributed by atoms with Gasteiger partial charge >= 0.3 is 0 Å². The number of nitrogens with zero attached hydrogens (tertiary/aromatic N) is 6. The van der Waals surface area contributed by atoms with Crippen LogP contribution in [0.5, 0.6) is 0 Å². The molecule has 1 saturated carbocycles. The first-order valence-electron chi connectivity index (χ1n) is 11.7. The number of fused-ring (bicyclic) bond motifs is 3. The summed E-state index contributed by atoms with van der Waals surface area (Å²) in [6.07, 6.45) is 4.00. The van der Waals surface area contributed by atoms with Crippen LogP contribution < -0.4 is 4.90 Å². The maximum absolute atomic E-state index is 14.5. The second kappa shape index (κ2) is 8.33. The minimum atomic E-state index is -1.50. The van der Waals surface area contributed by atoms with Crippen molar-refractivity contribution in [3.8, 4) is 0 Å². The summed E-state index contributed by atoms with van der Waals surface area (Å²) >= 11 is 0. The van der Waals surface area contributed by atoms with E-state index in [1.165, 1.54) is 18.9 Å². The molecule has 178 valence electrons. The third-order valence-electron chi connectivity index (χ3n) is 7.49. The van der Waals surface area contributed by atoms with E-state index in [2.05, 4.69) is 26.3 Å². The molecule has 2 fully saturated rings. The van der Waals surface area contributed by atoms with Crippen molar-refractivity contribution in [3.05, 3.63) is 64.8 Å². The fraction of sp³-hybridized carbons (Fsp3) is 0.500. The van der Waals surface area contributed by atoms with Gasteiger partial charge in [-0.15, -0.1) is 0 Å². The standard InChI is InChI=1S/C24H25F3N6O/c1-13-8-16(10-28-30-13)32-11-14-2-3-15(12-32)18(14)9-20-29-24-23(34-7-6-33(24)31-20)17-4-5-19(25)22(27)21(17)26/h4-5,8,10,14-15,18,23H,2-3,6-7,9,11-12H2,1H3/t14-,15+,18?,23-/m0/s1. The number of ether oxygens (including phenoxy) is 1. The normalized spacial score (nSPS) is 26.1. The highest BCUT2D eigenvalue weighted by molar-refractivity contribution is 5.45. The summed E-state index contributed by atoms with van der Waals surface area (Å²) in [5.41, 5.74) is 1.97. The van der Waals surface area contributed by atoms with E-state index < -0.39 is 23.6 Å². The van der Waals surface area contributed by atoms with Gasteiger partial charge in [0.05, 0.1) is 30.7 Å². The number of benzene rings is 1. The molecule has 2 bridgehead atoms. The van der Waals surface area contributed by atoms with E-state index in [1.807, 2.05) is 13.1 Å². The predicted molar refractivity (Wildman–Crippen MR) is 117 cm³/mol. The Hall–Kier alpha value is -3.01. The molecule has 4 heterocycles. The Morgan fingerprint density at radius 3 is 2.65 bits per heavy atom. The summed E-state index contributed by atoms with van der Waals surface area (Å²) < 4.78 is 49.2. The lowest BCUT2D eigenvalue weighted by Crippen LogP contribution is -2.43. The molecule has 0 spiro atoms. The highest BCUT2D eigenvalue weighted by Crippen LogP contribution is 2.44.